The number of carboxylic acids is 2. The molecule has 0 saturated carbocycles. The Morgan fingerprint density at radius 2 is 1.62 bits per heavy atom. The molecule has 0 fully saturated rings. The molecule has 8 heteroatoms. The van der Waals surface area contributed by atoms with Gasteiger partial charge in [0.15, 0.2) is 0 Å². The van der Waals surface area contributed by atoms with Crippen molar-refractivity contribution in [3.63, 3.8) is 0 Å². The van der Waals surface area contributed by atoms with Gasteiger partial charge in [0.2, 0.25) is 0 Å². The largest absolute Gasteiger partial charge is 0.478 e. The van der Waals surface area contributed by atoms with Crippen LogP contribution < -0.4 is 3.58 Å². The topological polar surface area (TPSA) is 118 Å². The molecular formula is C18H19NO6Sn. The number of aromatic carboxylic acids is 2. The summed E-state index contributed by atoms with van der Waals surface area (Å²) in [7, 11) is 0. The van der Waals surface area contributed by atoms with Crippen LogP contribution >= 0.6 is 0 Å². The summed E-state index contributed by atoms with van der Waals surface area (Å²) in [6, 6.07) is 11.3. The number of non-ortho nitro benzene ring substituents is 1. The maximum absolute atomic E-state index is 10.5. The SMILES string of the molecule is CC[CH2][Sn][c]1ccccc1C.O=C(O)c1cc(C(=O)O)cc([N+](=O)[O-])c1. The molecule has 2 aromatic rings. The summed E-state index contributed by atoms with van der Waals surface area (Å²) in [6.45, 7) is 4.50. The van der Waals surface area contributed by atoms with Crippen LogP contribution in [0.3, 0.4) is 0 Å². The van der Waals surface area contributed by atoms with Crippen molar-refractivity contribution >= 4 is 42.3 Å². The fourth-order valence-corrected chi connectivity index (χ4v) is 5.12. The van der Waals surface area contributed by atoms with Gasteiger partial charge in [-0.25, -0.2) is 9.59 Å². The van der Waals surface area contributed by atoms with Gasteiger partial charge >= 0.3 is 91.2 Å². The maximum atomic E-state index is 10.5. The van der Waals surface area contributed by atoms with E-state index in [1.165, 1.54) is 16.4 Å². The third kappa shape index (κ3) is 6.83. The molecule has 0 heterocycles. The van der Waals surface area contributed by atoms with Gasteiger partial charge in [0.05, 0.1) is 16.1 Å². The molecule has 0 aliphatic carbocycles. The van der Waals surface area contributed by atoms with E-state index in [2.05, 4.69) is 38.1 Å². The number of aryl methyl sites for hydroxylation is 1. The Balaban J connectivity index is 0.000000273. The Hall–Kier alpha value is -2.42. The molecule has 7 nitrogen and oxygen atoms in total. The molecule has 0 saturated heterocycles. The Kier molecular flexibility index (Phi) is 8.77. The van der Waals surface area contributed by atoms with Gasteiger partial charge in [0.25, 0.3) is 5.69 Å². The van der Waals surface area contributed by atoms with Crippen molar-refractivity contribution in [3.05, 3.63) is 69.3 Å². The zero-order valence-corrected chi connectivity index (χ0v) is 17.3. The first-order chi connectivity index (χ1) is 12.3. The number of rotatable bonds is 6. The van der Waals surface area contributed by atoms with Gasteiger partial charge in [-0.1, -0.05) is 0 Å². The van der Waals surface area contributed by atoms with Gasteiger partial charge < -0.3 is 10.2 Å². The molecule has 0 atom stereocenters. The molecular weight excluding hydrogens is 445 g/mol. The molecule has 0 unspecified atom stereocenters. The van der Waals surface area contributed by atoms with E-state index in [1.807, 2.05) is 0 Å². The Morgan fingerprint density at radius 3 is 2.04 bits per heavy atom. The molecule has 0 amide bonds. The second kappa shape index (κ2) is 10.5. The maximum Gasteiger partial charge on any atom is 0.335 e. The van der Waals surface area contributed by atoms with Crippen LogP contribution in [0.4, 0.5) is 5.69 Å². The molecule has 136 valence electrons. The predicted octanol–water partition coefficient (Wildman–Crippen LogP) is 3.14. The number of benzene rings is 2. The summed E-state index contributed by atoms with van der Waals surface area (Å²) in [5.41, 5.74) is 0.0862. The zero-order chi connectivity index (χ0) is 19.7. The Bertz CT molecular complexity index is 727. The molecule has 0 bridgehead atoms. The summed E-state index contributed by atoms with van der Waals surface area (Å²) in [6.07, 6.45) is 1.36. The average Bonchev–Trinajstić information content (AvgIpc) is 2.61. The van der Waals surface area contributed by atoms with E-state index in [-0.39, 0.29) is 21.1 Å². The van der Waals surface area contributed by atoms with E-state index >= 15 is 0 Å². The summed E-state index contributed by atoms with van der Waals surface area (Å²) in [4.78, 5) is 30.6. The molecule has 0 aromatic heterocycles. The van der Waals surface area contributed by atoms with E-state index < -0.39 is 33.7 Å². The average molecular weight is 464 g/mol. The smallest absolute Gasteiger partial charge is 0.335 e. The molecule has 2 radical (unpaired) electrons. The molecule has 26 heavy (non-hydrogen) atoms. The summed E-state index contributed by atoms with van der Waals surface area (Å²) in [5.74, 6) is -2.83. The first-order valence-electron chi connectivity index (χ1n) is 7.81. The molecule has 2 N–H and O–H groups in total. The first-order valence-corrected chi connectivity index (χ1v) is 11.3. The van der Waals surface area contributed by atoms with Crippen LogP contribution in [0, 0.1) is 17.0 Å². The number of hydrogen-bond acceptors (Lipinski definition) is 4. The zero-order valence-electron chi connectivity index (χ0n) is 14.4. The van der Waals surface area contributed by atoms with Gasteiger partial charge in [0, 0.05) is 12.1 Å². The predicted molar refractivity (Wildman–Crippen MR) is 98.7 cm³/mol. The summed E-state index contributed by atoms with van der Waals surface area (Å²) >= 11 is -0.205. The summed E-state index contributed by atoms with van der Waals surface area (Å²) < 4.78 is 3.16. The van der Waals surface area contributed by atoms with E-state index in [1.54, 1.807) is 3.58 Å². The minimum atomic E-state index is -1.42. The third-order valence-electron chi connectivity index (χ3n) is 3.33. The first kappa shape index (κ1) is 21.6. The van der Waals surface area contributed by atoms with E-state index in [0.717, 1.165) is 18.2 Å². The molecule has 0 aliphatic heterocycles. The van der Waals surface area contributed by atoms with Crippen molar-refractivity contribution in [2.24, 2.45) is 0 Å². The van der Waals surface area contributed by atoms with Crippen LogP contribution in [0.25, 0.3) is 0 Å². The van der Waals surface area contributed by atoms with Crippen molar-refractivity contribution in [2.75, 3.05) is 0 Å². The normalized spacial score (nSPS) is 9.77. The number of nitrogens with zero attached hydrogens (tertiary/aromatic N) is 1. The van der Waals surface area contributed by atoms with Gasteiger partial charge in [-0.05, 0) is 6.07 Å². The molecule has 2 aromatic carbocycles. The monoisotopic (exact) mass is 465 g/mol. The van der Waals surface area contributed by atoms with E-state index in [9.17, 15) is 19.7 Å². The third-order valence-corrected chi connectivity index (χ3v) is 8.16. The van der Waals surface area contributed by atoms with Crippen molar-refractivity contribution in [1.82, 2.24) is 0 Å². The number of nitro groups is 1. The van der Waals surface area contributed by atoms with Crippen LogP contribution in [0.1, 0.15) is 39.6 Å². The number of nitro benzene ring substituents is 1. The van der Waals surface area contributed by atoms with Crippen LogP contribution in [0.5, 0.6) is 0 Å². The van der Waals surface area contributed by atoms with Gasteiger partial charge in [-0.2, -0.15) is 0 Å². The minimum absolute atomic E-state index is 0.205. The van der Waals surface area contributed by atoms with Crippen molar-refractivity contribution in [3.8, 4) is 0 Å². The van der Waals surface area contributed by atoms with E-state index in [0.29, 0.717) is 0 Å². The van der Waals surface area contributed by atoms with E-state index in [4.69, 9.17) is 10.2 Å². The van der Waals surface area contributed by atoms with Crippen molar-refractivity contribution in [1.29, 1.82) is 0 Å². The fourth-order valence-electron chi connectivity index (χ4n) is 1.99. The fraction of sp³-hybridized carbons (Fsp3) is 0.222. The van der Waals surface area contributed by atoms with Crippen molar-refractivity contribution < 1.29 is 24.7 Å². The second-order valence-electron chi connectivity index (χ2n) is 5.38. The van der Waals surface area contributed by atoms with Crippen LogP contribution in [0.2, 0.25) is 4.44 Å². The quantitative estimate of drug-likeness (QED) is 0.386. The number of carboxylic acid groups (broad SMARTS) is 2. The van der Waals surface area contributed by atoms with Crippen LogP contribution in [-0.2, 0) is 0 Å². The summed E-state index contributed by atoms with van der Waals surface area (Å²) in [5, 5.41) is 27.5. The number of carbonyl (C=O) groups is 2. The molecule has 0 spiro atoms. The van der Waals surface area contributed by atoms with Crippen LogP contribution in [-0.4, -0.2) is 48.2 Å². The number of hydrogen-bond donors (Lipinski definition) is 2. The van der Waals surface area contributed by atoms with Gasteiger partial charge in [-0.15, -0.1) is 0 Å². The molecule has 2 rings (SSSR count). The van der Waals surface area contributed by atoms with Crippen molar-refractivity contribution in [2.45, 2.75) is 24.7 Å². The second-order valence-corrected chi connectivity index (χ2v) is 9.35. The Morgan fingerprint density at radius 1 is 1.08 bits per heavy atom. The van der Waals surface area contributed by atoms with Gasteiger partial charge in [0.1, 0.15) is 0 Å². The minimum Gasteiger partial charge on any atom is -0.478 e. The molecule has 0 aliphatic rings. The standard InChI is InChI=1S/C8H5NO6.C7H7.C3H7.Sn/c10-7(11)4-1-5(8(12)13)3-6(2-4)9(14)15;1-7-5-3-2-4-6-7;1-3-2;/h1-3H,(H,10,11)(H,12,13);2-5H,1H3;1,3H2,2H3;. The van der Waals surface area contributed by atoms with Crippen LogP contribution in [0.15, 0.2) is 42.5 Å². The Labute approximate surface area is 161 Å². The van der Waals surface area contributed by atoms with Gasteiger partial charge in [-0.3, -0.25) is 10.1 Å².